The van der Waals surface area contributed by atoms with Gasteiger partial charge in [0.25, 0.3) is 0 Å². The highest BCUT2D eigenvalue weighted by Gasteiger charge is 2.25. The number of imidazole rings is 1. The van der Waals surface area contributed by atoms with Crippen LogP contribution in [0.5, 0.6) is 5.75 Å². The molecule has 1 aliphatic carbocycles. The molecule has 0 bridgehead atoms. The Morgan fingerprint density at radius 3 is 2.60 bits per heavy atom. The molecule has 1 heterocycles. The van der Waals surface area contributed by atoms with Crippen molar-refractivity contribution in [2.75, 3.05) is 13.2 Å². The predicted molar refractivity (Wildman–Crippen MR) is 97.4 cm³/mol. The molecule has 2 aromatic rings. The highest BCUT2D eigenvalue weighted by atomic mass is 32.2. The fraction of sp³-hybridized carbons (Fsp3) is 0.500. The summed E-state index contributed by atoms with van der Waals surface area (Å²) in [7, 11) is -2.49. The van der Waals surface area contributed by atoms with Crippen LogP contribution in [0.1, 0.15) is 32.1 Å². The minimum Gasteiger partial charge on any atom is -0.493 e. The molecule has 0 radical (unpaired) electrons. The first-order chi connectivity index (χ1) is 12.2. The Hall–Kier alpha value is -1.86. The van der Waals surface area contributed by atoms with E-state index in [9.17, 15) is 8.42 Å². The van der Waals surface area contributed by atoms with Crippen LogP contribution >= 0.6 is 0 Å². The topological polar surface area (TPSA) is 73.2 Å². The van der Waals surface area contributed by atoms with Crippen LogP contribution in [-0.4, -0.2) is 31.1 Å². The van der Waals surface area contributed by atoms with E-state index in [2.05, 4.69) is 9.71 Å². The second-order valence-corrected chi connectivity index (χ2v) is 7.36. The molecular weight excluding hydrogens is 338 g/mol. The second-order valence-electron chi connectivity index (χ2n) is 6.53. The van der Waals surface area contributed by atoms with E-state index < -0.39 is 10.9 Å². The molecule has 0 amide bonds. The minimum absolute atomic E-state index is 0.494. The number of thiol groups is 1. The normalized spacial score (nSPS) is 20.7. The summed E-state index contributed by atoms with van der Waals surface area (Å²) in [6.45, 7) is 1.22. The summed E-state index contributed by atoms with van der Waals surface area (Å²) in [5, 5.41) is 0. The van der Waals surface area contributed by atoms with Crippen LogP contribution in [0.25, 0.3) is 5.69 Å². The molecule has 2 atom stereocenters. The van der Waals surface area contributed by atoms with E-state index in [4.69, 9.17) is 4.74 Å². The number of hydrogen-bond acceptors (Lipinski definition) is 4. The van der Waals surface area contributed by atoms with E-state index in [0.29, 0.717) is 25.0 Å². The van der Waals surface area contributed by atoms with Gasteiger partial charge in [-0.15, -0.1) is 0 Å². The van der Waals surface area contributed by atoms with E-state index in [1.165, 1.54) is 12.8 Å². The van der Waals surface area contributed by atoms with Crippen LogP contribution in [0.3, 0.4) is 0 Å². The monoisotopic (exact) mass is 363 g/mol. The van der Waals surface area contributed by atoms with E-state index >= 15 is 0 Å². The third-order valence-electron chi connectivity index (χ3n) is 4.93. The first-order valence-electron chi connectivity index (χ1n) is 8.81. The Morgan fingerprint density at radius 2 is 1.92 bits per heavy atom. The van der Waals surface area contributed by atoms with Gasteiger partial charge in [-0.25, -0.2) is 18.1 Å². The maximum absolute atomic E-state index is 10.6. The molecule has 1 aromatic heterocycles. The summed E-state index contributed by atoms with van der Waals surface area (Å²) < 4.78 is 31.8. The van der Waals surface area contributed by atoms with Gasteiger partial charge < -0.3 is 9.30 Å². The third kappa shape index (κ3) is 5.31. The molecule has 1 saturated carbocycles. The Kier molecular flexibility index (Phi) is 6.47. The van der Waals surface area contributed by atoms with Crippen molar-refractivity contribution >= 4 is 10.9 Å². The lowest BCUT2D eigenvalue weighted by molar-refractivity contribution is 0.143. The maximum Gasteiger partial charge on any atom is 0.201 e. The summed E-state index contributed by atoms with van der Waals surface area (Å²) in [4.78, 5) is 4.05. The quantitative estimate of drug-likeness (QED) is 0.707. The van der Waals surface area contributed by atoms with Gasteiger partial charge in [0.05, 0.1) is 12.9 Å². The fourth-order valence-corrected chi connectivity index (χ4v) is 3.87. The zero-order valence-electron chi connectivity index (χ0n) is 14.2. The molecule has 136 valence electrons. The highest BCUT2D eigenvalue weighted by Crippen LogP contribution is 2.32. The summed E-state index contributed by atoms with van der Waals surface area (Å²) >= 11 is 0. The van der Waals surface area contributed by atoms with Gasteiger partial charge in [0.1, 0.15) is 5.75 Å². The maximum atomic E-state index is 10.6. The molecule has 0 aliphatic heterocycles. The molecular formula is C18H25N3O3S. The van der Waals surface area contributed by atoms with Crippen molar-refractivity contribution in [1.29, 1.82) is 0 Å². The number of aromatic nitrogens is 2. The zero-order chi connectivity index (χ0) is 17.5. The molecule has 25 heavy (non-hydrogen) atoms. The average molecular weight is 363 g/mol. The predicted octanol–water partition coefficient (Wildman–Crippen LogP) is 2.56. The van der Waals surface area contributed by atoms with Crippen LogP contribution in [0.4, 0.5) is 0 Å². The molecule has 1 aromatic carbocycles. The van der Waals surface area contributed by atoms with Crippen LogP contribution < -0.4 is 9.46 Å². The van der Waals surface area contributed by atoms with Crippen molar-refractivity contribution in [3.8, 4) is 11.4 Å². The van der Waals surface area contributed by atoms with Gasteiger partial charge in [-0.2, -0.15) is 0 Å². The van der Waals surface area contributed by atoms with Gasteiger partial charge >= 0.3 is 0 Å². The third-order valence-corrected chi connectivity index (χ3v) is 5.41. The number of benzene rings is 1. The lowest BCUT2D eigenvalue weighted by Crippen LogP contribution is -2.28. The molecule has 0 saturated heterocycles. The van der Waals surface area contributed by atoms with Gasteiger partial charge in [-0.1, -0.05) is 19.3 Å². The number of rotatable bonds is 8. The molecule has 7 heteroatoms. The van der Waals surface area contributed by atoms with E-state index in [0.717, 1.165) is 30.7 Å². The fourth-order valence-electron chi connectivity index (χ4n) is 3.55. The van der Waals surface area contributed by atoms with Gasteiger partial charge in [0.15, 0.2) is 0 Å². The minimum atomic E-state index is -2.49. The van der Waals surface area contributed by atoms with E-state index in [1.54, 1.807) is 12.5 Å². The van der Waals surface area contributed by atoms with Crippen molar-refractivity contribution in [1.82, 2.24) is 14.3 Å². The first kappa shape index (κ1) is 17.9. The largest absolute Gasteiger partial charge is 0.493 e. The molecule has 6 nitrogen and oxygen atoms in total. The van der Waals surface area contributed by atoms with Crippen LogP contribution in [-0.2, 0) is 10.9 Å². The summed E-state index contributed by atoms with van der Waals surface area (Å²) in [5.74, 6) is 1.89. The standard InChI is InChI=1S/C18H25N3O3S/c22-25(23)20-10-9-15-3-1-2-4-16(15)13-24-18-7-5-17(6-8-18)21-12-11-19-14-21/h5-8,11-12,14-16,25H,1-4,9-10,13H2,(H,20,22,23). The molecule has 1 aliphatic rings. The van der Waals surface area contributed by atoms with Gasteiger partial charge in [0.2, 0.25) is 10.9 Å². The summed E-state index contributed by atoms with van der Waals surface area (Å²) in [5.41, 5.74) is 1.05. The van der Waals surface area contributed by atoms with E-state index in [1.807, 2.05) is 35.0 Å². The molecule has 2 unspecified atom stereocenters. The highest BCUT2D eigenvalue weighted by molar-refractivity contribution is 7.70. The van der Waals surface area contributed by atoms with Crippen LogP contribution in [0, 0.1) is 11.8 Å². The molecule has 1 fully saturated rings. The summed E-state index contributed by atoms with van der Waals surface area (Å²) in [6.07, 6.45) is 11.1. The van der Waals surface area contributed by atoms with Crippen molar-refractivity contribution in [3.63, 3.8) is 0 Å². The molecule has 0 spiro atoms. The average Bonchev–Trinajstić information content (AvgIpc) is 3.16. The number of nitrogens with one attached hydrogen (secondary N) is 1. The van der Waals surface area contributed by atoms with Gasteiger partial charge in [-0.05, 0) is 48.9 Å². The number of ether oxygens (including phenoxy) is 1. The lowest BCUT2D eigenvalue weighted by atomic mass is 9.78. The van der Waals surface area contributed by atoms with Crippen molar-refractivity contribution in [3.05, 3.63) is 43.0 Å². The van der Waals surface area contributed by atoms with E-state index in [-0.39, 0.29) is 0 Å². The van der Waals surface area contributed by atoms with Gasteiger partial charge in [0, 0.05) is 24.6 Å². The van der Waals surface area contributed by atoms with Crippen LogP contribution in [0.15, 0.2) is 43.0 Å². The van der Waals surface area contributed by atoms with Crippen LogP contribution in [0.2, 0.25) is 0 Å². The molecule has 1 N–H and O–H groups in total. The Bertz CT molecular complexity index is 706. The Labute approximate surface area is 150 Å². The zero-order valence-corrected chi connectivity index (χ0v) is 15.1. The second kappa shape index (κ2) is 9.01. The number of nitrogens with zero attached hydrogens (tertiary/aromatic N) is 2. The number of hydrogen-bond donors (Lipinski definition) is 2. The SMILES string of the molecule is O=[SH](=O)NCCC1CCCCC1COc1ccc(-n2ccnc2)cc1. The Balaban J connectivity index is 1.52. The van der Waals surface area contributed by atoms with Gasteiger partial charge in [-0.3, -0.25) is 0 Å². The van der Waals surface area contributed by atoms with Crippen molar-refractivity contribution in [2.24, 2.45) is 11.8 Å². The molecule has 3 rings (SSSR count). The summed E-state index contributed by atoms with van der Waals surface area (Å²) in [6, 6.07) is 8.00. The first-order valence-corrected chi connectivity index (χ1v) is 9.99. The van der Waals surface area contributed by atoms with Crippen molar-refractivity contribution < 1.29 is 13.2 Å². The lowest BCUT2D eigenvalue weighted by Gasteiger charge is -2.31. The van der Waals surface area contributed by atoms with Crippen molar-refractivity contribution in [2.45, 2.75) is 32.1 Å². The smallest absolute Gasteiger partial charge is 0.201 e. The Morgan fingerprint density at radius 1 is 1.16 bits per heavy atom.